The number of nitrogens with zero attached hydrogens (tertiary/aromatic N) is 2. The van der Waals surface area contributed by atoms with Crippen molar-refractivity contribution in [2.24, 2.45) is 0 Å². The van der Waals surface area contributed by atoms with Gasteiger partial charge in [-0.1, -0.05) is 5.16 Å². The molecule has 0 saturated heterocycles. The maximum absolute atomic E-state index is 11.9. The molecule has 0 atom stereocenters. The van der Waals surface area contributed by atoms with Gasteiger partial charge in [-0.15, -0.1) is 11.3 Å². The van der Waals surface area contributed by atoms with Crippen molar-refractivity contribution in [2.45, 2.75) is 23.9 Å². The van der Waals surface area contributed by atoms with E-state index in [-0.39, 0.29) is 10.1 Å². The van der Waals surface area contributed by atoms with E-state index in [4.69, 9.17) is 4.52 Å². The smallest absolute Gasteiger partial charge is 0.209 e. The highest BCUT2D eigenvalue weighted by Crippen LogP contribution is 2.22. The lowest BCUT2D eigenvalue weighted by atomic mass is 10.2. The van der Waals surface area contributed by atoms with E-state index in [9.17, 15) is 8.42 Å². The Hall–Kier alpha value is -1.21. The molecule has 0 N–H and O–H groups in total. The Bertz CT molecular complexity index is 565. The Labute approximate surface area is 97.0 Å². The summed E-state index contributed by atoms with van der Waals surface area (Å²) in [6.07, 6.45) is 1.48. The molecule has 5 nitrogen and oxygen atoms in total. The van der Waals surface area contributed by atoms with E-state index in [2.05, 4.69) is 10.1 Å². The SMILES string of the molecule is Cc1noc(C)c1CS(=O)(=O)c1nccs1. The van der Waals surface area contributed by atoms with Crippen LogP contribution >= 0.6 is 11.3 Å². The van der Waals surface area contributed by atoms with Crippen LogP contribution in [0, 0.1) is 13.8 Å². The molecule has 0 aliphatic rings. The van der Waals surface area contributed by atoms with Crippen molar-refractivity contribution in [3.05, 3.63) is 28.6 Å². The van der Waals surface area contributed by atoms with Crippen molar-refractivity contribution in [3.63, 3.8) is 0 Å². The summed E-state index contributed by atoms with van der Waals surface area (Å²) in [7, 11) is -3.38. The van der Waals surface area contributed by atoms with Crippen LogP contribution in [0.15, 0.2) is 20.4 Å². The molecule has 0 aliphatic heterocycles. The van der Waals surface area contributed by atoms with Crippen molar-refractivity contribution in [1.29, 1.82) is 0 Å². The Morgan fingerprint density at radius 1 is 1.44 bits per heavy atom. The summed E-state index contributed by atoms with van der Waals surface area (Å²) in [5.41, 5.74) is 1.23. The topological polar surface area (TPSA) is 73.1 Å². The first-order valence-corrected chi connectivity index (χ1v) is 7.08. The third kappa shape index (κ3) is 2.00. The van der Waals surface area contributed by atoms with E-state index in [1.165, 1.54) is 6.20 Å². The lowest BCUT2D eigenvalue weighted by Gasteiger charge is -1.99. The molecule has 86 valence electrons. The third-order valence-corrected chi connectivity index (χ3v) is 5.11. The summed E-state index contributed by atoms with van der Waals surface area (Å²) >= 11 is 1.11. The molecule has 0 aliphatic carbocycles. The Balaban J connectivity index is 2.36. The van der Waals surface area contributed by atoms with Gasteiger partial charge in [0.1, 0.15) is 5.76 Å². The predicted octanol–water partition coefficient (Wildman–Crippen LogP) is 1.72. The summed E-state index contributed by atoms with van der Waals surface area (Å²) in [5, 5.41) is 5.36. The van der Waals surface area contributed by atoms with Crippen molar-refractivity contribution in [2.75, 3.05) is 0 Å². The maximum Gasteiger partial charge on any atom is 0.209 e. The fraction of sp³-hybridized carbons (Fsp3) is 0.333. The summed E-state index contributed by atoms with van der Waals surface area (Å²) in [4.78, 5) is 3.81. The van der Waals surface area contributed by atoms with Gasteiger partial charge in [0.2, 0.25) is 14.2 Å². The number of aromatic nitrogens is 2. The Kier molecular flexibility index (Phi) is 2.81. The summed E-state index contributed by atoms with van der Waals surface area (Å²) < 4.78 is 28.9. The highest BCUT2D eigenvalue weighted by atomic mass is 32.2. The minimum Gasteiger partial charge on any atom is -0.361 e. The first kappa shape index (κ1) is 11.3. The van der Waals surface area contributed by atoms with E-state index >= 15 is 0 Å². The minimum atomic E-state index is -3.38. The predicted molar refractivity (Wildman–Crippen MR) is 59.0 cm³/mol. The van der Waals surface area contributed by atoms with Gasteiger partial charge in [-0.05, 0) is 13.8 Å². The fourth-order valence-corrected chi connectivity index (χ4v) is 3.75. The standard InChI is InChI=1S/C9H10N2O3S2/c1-6-8(7(2)14-11-6)5-16(12,13)9-10-3-4-15-9/h3-4H,5H2,1-2H3. The zero-order chi connectivity index (χ0) is 11.8. The normalized spacial score (nSPS) is 11.9. The highest BCUT2D eigenvalue weighted by molar-refractivity contribution is 7.92. The zero-order valence-electron chi connectivity index (χ0n) is 8.80. The molecule has 2 rings (SSSR count). The summed E-state index contributed by atoms with van der Waals surface area (Å²) in [6, 6.07) is 0. The van der Waals surface area contributed by atoms with Gasteiger partial charge in [0.05, 0.1) is 11.4 Å². The van der Waals surface area contributed by atoms with Gasteiger partial charge in [-0.3, -0.25) is 0 Å². The number of hydrogen-bond acceptors (Lipinski definition) is 6. The van der Waals surface area contributed by atoms with Gasteiger partial charge in [-0.2, -0.15) is 0 Å². The molecular weight excluding hydrogens is 248 g/mol. The van der Waals surface area contributed by atoms with Gasteiger partial charge in [0, 0.05) is 17.1 Å². The van der Waals surface area contributed by atoms with Gasteiger partial charge in [-0.25, -0.2) is 13.4 Å². The Morgan fingerprint density at radius 3 is 2.69 bits per heavy atom. The van der Waals surface area contributed by atoms with Crippen LogP contribution in [0.25, 0.3) is 0 Å². The molecule has 0 radical (unpaired) electrons. The summed E-state index contributed by atoms with van der Waals surface area (Å²) in [5.74, 6) is 0.430. The molecule has 16 heavy (non-hydrogen) atoms. The van der Waals surface area contributed by atoms with Crippen LogP contribution in [0.3, 0.4) is 0 Å². The van der Waals surface area contributed by atoms with Crippen molar-refractivity contribution in [1.82, 2.24) is 10.1 Å². The molecule has 2 aromatic rings. The van der Waals surface area contributed by atoms with Crippen LogP contribution in [-0.2, 0) is 15.6 Å². The van der Waals surface area contributed by atoms with E-state index in [1.54, 1.807) is 19.2 Å². The third-order valence-electron chi connectivity index (χ3n) is 2.19. The largest absolute Gasteiger partial charge is 0.361 e. The van der Waals surface area contributed by atoms with Crippen LogP contribution in [-0.4, -0.2) is 18.6 Å². The monoisotopic (exact) mass is 258 g/mol. The van der Waals surface area contributed by atoms with Crippen LogP contribution in [0.4, 0.5) is 0 Å². The molecule has 0 aromatic carbocycles. The van der Waals surface area contributed by atoms with Gasteiger partial charge in [0.25, 0.3) is 0 Å². The number of sulfone groups is 1. The van der Waals surface area contributed by atoms with E-state index in [0.29, 0.717) is 17.0 Å². The van der Waals surface area contributed by atoms with Crippen LogP contribution < -0.4 is 0 Å². The second-order valence-electron chi connectivity index (χ2n) is 3.36. The average molecular weight is 258 g/mol. The second-order valence-corrected chi connectivity index (χ2v) is 6.42. The number of hydrogen-bond donors (Lipinski definition) is 0. The lowest BCUT2D eigenvalue weighted by molar-refractivity contribution is 0.392. The summed E-state index contributed by atoms with van der Waals surface area (Å²) in [6.45, 7) is 3.43. The van der Waals surface area contributed by atoms with E-state index < -0.39 is 9.84 Å². The minimum absolute atomic E-state index is 0.109. The molecule has 2 heterocycles. The van der Waals surface area contributed by atoms with Gasteiger partial charge < -0.3 is 4.52 Å². The lowest BCUT2D eigenvalue weighted by Crippen LogP contribution is -2.05. The second kappa shape index (κ2) is 3.99. The quantitative estimate of drug-likeness (QED) is 0.838. The van der Waals surface area contributed by atoms with Crippen molar-refractivity contribution >= 4 is 21.2 Å². The number of rotatable bonds is 3. The van der Waals surface area contributed by atoms with Gasteiger partial charge >= 0.3 is 0 Å². The number of thiazole rings is 1. The highest BCUT2D eigenvalue weighted by Gasteiger charge is 2.22. The molecule has 7 heteroatoms. The molecule has 0 amide bonds. The fourth-order valence-electron chi connectivity index (χ4n) is 1.32. The first-order chi connectivity index (χ1) is 7.50. The molecule has 0 spiro atoms. The van der Waals surface area contributed by atoms with E-state index in [1.807, 2.05) is 0 Å². The first-order valence-electron chi connectivity index (χ1n) is 4.54. The molecular formula is C9H10N2O3S2. The van der Waals surface area contributed by atoms with E-state index in [0.717, 1.165) is 11.3 Å². The molecule has 0 unspecified atom stereocenters. The van der Waals surface area contributed by atoms with Crippen LogP contribution in [0.2, 0.25) is 0 Å². The average Bonchev–Trinajstić information content (AvgIpc) is 2.83. The molecule has 2 aromatic heterocycles. The molecule has 0 fully saturated rings. The van der Waals surface area contributed by atoms with Crippen molar-refractivity contribution < 1.29 is 12.9 Å². The Morgan fingerprint density at radius 2 is 2.19 bits per heavy atom. The maximum atomic E-state index is 11.9. The molecule has 0 bridgehead atoms. The number of aryl methyl sites for hydroxylation is 2. The van der Waals surface area contributed by atoms with Gasteiger partial charge in [0.15, 0.2) is 0 Å². The van der Waals surface area contributed by atoms with Crippen LogP contribution in [0.5, 0.6) is 0 Å². The molecule has 0 saturated carbocycles. The van der Waals surface area contributed by atoms with Crippen molar-refractivity contribution in [3.8, 4) is 0 Å². The van der Waals surface area contributed by atoms with Crippen LogP contribution in [0.1, 0.15) is 17.0 Å². The zero-order valence-corrected chi connectivity index (χ0v) is 10.4.